The summed E-state index contributed by atoms with van der Waals surface area (Å²) in [4.78, 5) is 21.2. The zero-order chi connectivity index (χ0) is 15.4. The first-order valence-electron chi connectivity index (χ1n) is 6.09. The first-order chi connectivity index (χ1) is 8.72. The van der Waals surface area contributed by atoms with Gasteiger partial charge in [-0.3, -0.25) is 0 Å². The molecule has 0 saturated carbocycles. The molecular weight excluding hydrogens is 248 g/mol. The zero-order valence-electron chi connectivity index (χ0n) is 12.2. The van der Waals surface area contributed by atoms with Crippen LogP contribution >= 0.6 is 0 Å². The number of carbonyl (C=O) groups is 2. The van der Waals surface area contributed by atoms with Gasteiger partial charge in [-0.2, -0.15) is 0 Å². The SMILES string of the molecule is C=C(C)C(=O)OC(C)O.C=C(C)C(=O)OCCCC. The van der Waals surface area contributed by atoms with E-state index in [1.807, 2.05) is 0 Å². The van der Waals surface area contributed by atoms with Gasteiger partial charge in [-0.25, -0.2) is 9.59 Å². The standard InChI is InChI=1S/C8H14O2.C6H10O3/c1-4-5-6-10-8(9)7(2)3;1-4(2)6(8)9-5(3)7/h2,4-6H2,1,3H3;5,7H,1H2,2-3H3. The Kier molecular flexibility index (Phi) is 11.9. The Hall–Kier alpha value is -1.62. The molecule has 0 aliphatic carbocycles. The smallest absolute Gasteiger partial charge is 0.335 e. The van der Waals surface area contributed by atoms with Gasteiger partial charge in [0, 0.05) is 11.1 Å². The van der Waals surface area contributed by atoms with Crippen molar-refractivity contribution in [2.24, 2.45) is 0 Å². The molecule has 19 heavy (non-hydrogen) atoms. The van der Waals surface area contributed by atoms with E-state index in [1.54, 1.807) is 6.92 Å². The van der Waals surface area contributed by atoms with Crippen molar-refractivity contribution in [2.45, 2.75) is 46.8 Å². The summed E-state index contributed by atoms with van der Waals surface area (Å²) in [7, 11) is 0. The van der Waals surface area contributed by atoms with Crippen LogP contribution in [0.2, 0.25) is 0 Å². The third-order valence-corrected chi connectivity index (χ3v) is 1.71. The van der Waals surface area contributed by atoms with Gasteiger partial charge in [-0.15, -0.1) is 0 Å². The Morgan fingerprint density at radius 2 is 1.63 bits per heavy atom. The van der Waals surface area contributed by atoms with Crippen molar-refractivity contribution in [1.29, 1.82) is 0 Å². The molecule has 0 aromatic rings. The summed E-state index contributed by atoms with van der Waals surface area (Å²) in [5.74, 6) is -0.849. The molecular formula is C14H24O5. The fourth-order valence-corrected chi connectivity index (χ4v) is 0.688. The number of ether oxygens (including phenoxy) is 2. The number of hydrogen-bond donors (Lipinski definition) is 1. The summed E-state index contributed by atoms with van der Waals surface area (Å²) in [5.41, 5.74) is 0.756. The molecule has 0 bridgehead atoms. The van der Waals surface area contributed by atoms with Crippen molar-refractivity contribution in [1.82, 2.24) is 0 Å². The van der Waals surface area contributed by atoms with Gasteiger partial charge in [0.1, 0.15) is 0 Å². The van der Waals surface area contributed by atoms with Gasteiger partial charge in [-0.1, -0.05) is 26.5 Å². The molecule has 0 spiro atoms. The second-order valence-electron chi connectivity index (χ2n) is 4.05. The maximum absolute atomic E-state index is 10.7. The second kappa shape index (κ2) is 11.5. The highest BCUT2D eigenvalue weighted by molar-refractivity contribution is 5.87. The van der Waals surface area contributed by atoms with Gasteiger partial charge in [0.25, 0.3) is 0 Å². The highest BCUT2D eigenvalue weighted by Gasteiger charge is 2.04. The molecule has 5 nitrogen and oxygen atoms in total. The molecule has 0 aromatic heterocycles. The molecule has 0 aliphatic rings. The summed E-state index contributed by atoms with van der Waals surface area (Å²) in [6.45, 7) is 13.9. The van der Waals surface area contributed by atoms with Crippen LogP contribution in [0.4, 0.5) is 0 Å². The number of aliphatic hydroxyl groups is 1. The van der Waals surface area contributed by atoms with Crippen LogP contribution in [-0.4, -0.2) is 29.9 Å². The molecule has 1 N–H and O–H groups in total. The van der Waals surface area contributed by atoms with Gasteiger partial charge >= 0.3 is 11.9 Å². The predicted octanol–water partition coefficient (Wildman–Crippen LogP) is 2.35. The molecule has 0 amide bonds. The minimum Gasteiger partial charge on any atom is -0.462 e. The maximum atomic E-state index is 10.7. The van der Waals surface area contributed by atoms with E-state index in [0.29, 0.717) is 12.2 Å². The van der Waals surface area contributed by atoms with E-state index in [1.165, 1.54) is 13.8 Å². The van der Waals surface area contributed by atoms with E-state index in [9.17, 15) is 9.59 Å². The zero-order valence-corrected chi connectivity index (χ0v) is 12.2. The van der Waals surface area contributed by atoms with Crippen LogP contribution in [-0.2, 0) is 19.1 Å². The van der Waals surface area contributed by atoms with E-state index in [2.05, 4.69) is 24.8 Å². The molecule has 0 heterocycles. The monoisotopic (exact) mass is 272 g/mol. The molecule has 110 valence electrons. The van der Waals surface area contributed by atoms with Crippen LogP contribution in [0, 0.1) is 0 Å². The van der Waals surface area contributed by atoms with E-state index >= 15 is 0 Å². The molecule has 1 unspecified atom stereocenters. The lowest BCUT2D eigenvalue weighted by Crippen LogP contribution is -2.13. The minimum absolute atomic E-state index is 0.284. The lowest BCUT2D eigenvalue weighted by molar-refractivity contribution is -0.159. The van der Waals surface area contributed by atoms with Gasteiger partial charge in [0.2, 0.25) is 0 Å². The Bertz CT molecular complexity index is 318. The van der Waals surface area contributed by atoms with E-state index in [-0.39, 0.29) is 11.5 Å². The minimum atomic E-state index is -1.05. The first-order valence-corrected chi connectivity index (χ1v) is 6.09. The molecule has 0 aromatic carbocycles. The highest BCUT2D eigenvalue weighted by Crippen LogP contribution is 1.95. The van der Waals surface area contributed by atoms with Crippen LogP contribution in [0.1, 0.15) is 40.5 Å². The third-order valence-electron chi connectivity index (χ3n) is 1.71. The molecule has 0 fully saturated rings. The summed E-state index contributed by atoms with van der Waals surface area (Å²) < 4.78 is 9.13. The largest absolute Gasteiger partial charge is 0.462 e. The van der Waals surface area contributed by atoms with Crippen molar-refractivity contribution in [3.63, 3.8) is 0 Å². The quantitative estimate of drug-likeness (QED) is 0.348. The molecule has 0 radical (unpaired) electrons. The fourth-order valence-electron chi connectivity index (χ4n) is 0.688. The summed E-state index contributed by atoms with van der Waals surface area (Å²) in [6, 6.07) is 0. The Morgan fingerprint density at radius 1 is 1.16 bits per heavy atom. The van der Waals surface area contributed by atoms with Crippen molar-refractivity contribution >= 4 is 11.9 Å². The van der Waals surface area contributed by atoms with Gasteiger partial charge < -0.3 is 14.6 Å². The number of rotatable bonds is 6. The third kappa shape index (κ3) is 14.3. The summed E-state index contributed by atoms with van der Waals surface area (Å²) >= 11 is 0. The number of aliphatic hydroxyl groups excluding tert-OH is 1. The normalized spacial score (nSPS) is 10.6. The number of hydrogen-bond acceptors (Lipinski definition) is 5. The summed E-state index contributed by atoms with van der Waals surface area (Å²) in [6.07, 6.45) is 0.928. The predicted molar refractivity (Wildman–Crippen MR) is 73.3 cm³/mol. The Balaban J connectivity index is 0. The van der Waals surface area contributed by atoms with Crippen molar-refractivity contribution < 1.29 is 24.2 Å². The molecule has 1 atom stereocenters. The van der Waals surface area contributed by atoms with Gasteiger partial charge in [0.15, 0.2) is 6.29 Å². The van der Waals surface area contributed by atoms with Gasteiger partial charge in [0.05, 0.1) is 6.61 Å². The van der Waals surface area contributed by atoms with E-state index in [4.69, 9.17) is 9.84 Å². The number of carbonyl (C=O) groups excluding carboxylic acids is 2. The van der Waals surface area contributed by atoms with Crippen LogP contribution < -0.4 is 0 Å². The van der Waals surface area contributed by atoms with Crippen molar-refractivity contribution in [3.05, 3.63) is 24.3 Å². The second-order valence-corrected chi connectivity index (χ2v) is 4.05. The fraction of sp³-hybridized carbons (Fsp3) is 0.571. The first kappa shape index (κ1) is 19.7. The van der Waals surface area contributed by atoms with E-state index < -0.39 is 12.3 Å². The Labute approximate surface area is 114 Å². The lowest BCUT2D eigenvalue weighted by Gasteiger charge is -2.04. The molecule has 0 aliphatic heterocycles. The Morgan fingerprint density at radius 3 is 1.89 bits per heavy atom. The maximum Gasteiger partial charge on any atom is 0.335 e. The molecule has 5 heteroatoms. The average molecular weight is 272 g/mol. The van der Waals surface area contributed by atoms with Crippen LogP contribution in [0.15, 0.2) is 24.3 Å². The van der Waals surface area contributed by atoms with Crippen molar-refractivity contribution in [2.75, 3.05) is 6.61 Å². The van der Waals surface area contributed by atoms with Crippen LogP contribution in [0.3, 0.4) is 0 Å². The van der Waals surface area contributed by atoms with Gasteiger partial charge in [-0.05, 0) is 27.2 Å². The van der Waals surface area contributed by atoms with Crippen LogP contribution in [0.5, 0.6) is 0 Å². The average Bonchev–Trinajstić information content (AvgIpc) is 2.28. The number of esters is 2. The lowest BCUT2D eigenvalue weighted by atomic mass is 10.3. The van der Waals surface area contributed by atoms with Crippen LogP contribution in [0.25, 0.3) is 0 Å². The van der Waals surface area contributed by atoms with Crippen molar-refractivity contribution in [3.8, 4) is 0 Å². The topological polar surface area (TPSA) is 72.8 Å². The van der Waals surface area contributed by atoms with E-state index in [0.717, 1.165) is 12.8 Å². The summed E-state index contributed by atoms with van der Waals surface area (Å²) in [5, 5.41) is 8.49. The molecule has 0 saturated heterocycles. The highest BCUT2D eigenvalue weighted by atomic mass is 16.6. The number of unbranched alkanes of at least 4 members (excludes halogenated alkanes) is 1. The molecule has 0 rings (SSSR count).